The number of halogens is 1. The number of carbonyl (C=O) groups is 1. The number of nitrogens with two attached hydrogens (primary N) is 1. The van der Waals surface area contributed by atoms with Crippen molar-refractivity contribution in [3.05, 3.63) is 63.3 Å². The van der Waals surface area contributed by atoms with Gasteiger partial charge in [0.05, 0.1) is 23.9 Å². The number of nitrogens with zero attached hydrogens (tertiary/aromatic N) is 4. The minimum Gasteiger partial charge on any atom is -0.486 e. The van der Waals surface area contributed by atoms with E-state index in [4.69, 9.17) is 26.8 Å². The molecule has 0 saturated carbocycles. The van der Waals surface area contributed by atoms with Crippen LogP contribution in [0.1, 0.15) is 33.4 Å². The molecule has 2 N–H and O–H groups in total. The Morgan fingerprint density at radius 3 is 2.87 bits per heavy atom. The number of morpholine rings is 1. The van der Waals surface area contributed by atoms with Crippen molar-refractivity contribution < 1.29 is 14.3 Å². The van der Waals surface area contributed by atoms with Crippen LogP contribution < -0.4 is 15.4 Å². The van der Waals surface area contributed by atoms with Gasteiger partial charge in [0.25, 0.3) is 5.91 Å². The zero-order valence-electron chi connectivity index (χ0n) is 16.2. The predicted octanol–water partition coefficient (Wildman–Crippen LogP) is 3.23. The molecule has 0 spiro atoms. The number of ether oxygens (including phenoxy) is 2. The first kappa shape index (κ1) is 20.5. The van der Waals surface area contributed by atoms with E-state index >= 15 is 0 Å². The minimum atomic E-state index is -0.508. The second kappa shape index (κ2) is 8.95. The van der Waals surface area contributed by atoms with Crippen molar-refractivity contribution in [1.82, 2.24) is 15.2 Å². The number of hydrogen-bond donors (Lipinski definition) is 1. The van der Waals surface area contributed by atoms with Crippen molar-refractivity contribution in [3.8, 4) is 5.75 Å². The zero-order valence-corrected chi connectivity index (χ0v) is 17.8. The number of aromatic nitrogens is 3. The van der Waals surface area contributed by atoms with Gasteiger partial charge in [0.15, 0.2) is 5.01 Å². The van der Waals surface area contributed by atoms with E-state index in [2.05, 4.69) is 20.1 Å². The maximum absolute atomic E-state index is 11.8. The maximum atomic E-state index is 11.8. The Kier molecular flexibility index (Phi) is 6.12. The highest BCUT2D eigenvalue weighted by molar-refractivity contribution is 7.11. The second-order valence-electron chi connectivity index (χ2n) is 6.87. The van der Waals surface area contributed by atoms with Gasteiger partial charge in [-0.2, -0.15) is 0 Å². The summed E-state index contributed by atoms with van der Waals surface area (Å²) < 4.78 is 11.8. The summed E-state index contributed by atoms with van der Waals surface area (Å²) in [6, 6.07) is 8.94. The van der Waals surface area contributed by atoms with Gasteiger partial charge in [-0.15, -0.1) is 10.2 Å². The highest BCUT2D eigenvalue weighted by Gasteiger charge is 2.30. The quantitative estimate of drug-likeness (QED) is 0.621. The van der Waals surface area contributed by atoms with Crippen LogP contribution in [0.5, 0.6) is 5.75 Å². The molecule has 10 heteroatoms. The van der Waals surface area contributed by atoms with Gasteiger partial charge >= 0.3 is 0 Å². The van der Waals surface area contributed by atoms with Gasteiger partial charge < -0.3 is 20.1 Å². The van der Waals surface area contributed by atoms with E-state index in [1.807, 2.05) is 6.92 Å². The molecular weight excluding hydrogens is 426 g/mol. The van der Waals surface area contributed by atoms with E-state index in [1.165, 1.54) is 17.5 Å². The first-order valence-electron chi connectivity index (χ1n) is 9.34. The number of anilines is 1. The fourth-order valence-electron chi connectivity index (χ4n) is 3.27. The molecule has 3 heterocycles. The SMILES string of the molecule is CC1CN(c2ccncc2C(N)=O)CC(c2nnc(COc3ccc(Cl)cc3)s2)O1. The molecule has 0 radical (unpaired) electrons. The Hall–Kier alpha value is -2.75. The Morgan fingerprint density at radius 1 is 1.30 bits per heavy atom. The average Bonchev–Trinajstić information content (AvgIpc) is 3.22. The lowest BCUT2D eigenvalue weighted by Crippen LogP contribution is -2.43. The lowest BCUT2D eigenvalue weighted by molar-refractivity contribution is -0.0178. The van der Waals surface area contributed by atoms with Crippen molar-refractivity contribution in [1.29, 1.82) is 0 Å². The molecule has 1 aliphatic heterocycles. The predicted molar refractivity (Wildman–Crippen MR) is 114 cm³/mol. The third-order valence-electron chi connectivity index (χ3n) is 4.60. The summed E-state index contributed by atoms with van der Waals surface area (Å²) in [5.74, 6) is 0.202. The Bertz CT molecular complexity index is 1030. The van der Waals surface area contributed by atoms with Gasteiger partial charge in [-0.25, -0.2) is 0 Å². The van der Waals surface area contributed by atoms with E-state index in [9.17, 15) is 4.79 Å². The first-order valence-corrected chi connectivity index (χ1v) is 10.5. The Morgan fingerprint density at radius 2 is 2.10 bits per heavy atom. The lowest BCUT2D eigenvalue weighted by atomic mass is 10.1. The monoisotopic (exact) mass is 445 g/mol. The van der Waals surface area contributed by atoms with Gasteiger partial charge in [0.1, 0.15) is 23.5 Å². The molecule has 3 aromatic rings. The van der Waals surface area contributed by atoms with Gasteiger partial charge in [-0.3, -0.25) is 9.78 Å². The molecule has 1 amide bonds. The van der Waals surface area contributed by atoms with E-state index in [-0.39, 0.29) is 12.2 Å². The fourth-order valence-corrected chi connectivity index (χ4v) is 4.18. The molecule has 156 valence electrons. The maximum Gasteiger partial charge on any atom is 0.252 e. The normalized spacial score (nSPS) is 18.9. The lowest BCUT2D eigenvalue weighted by Gasteiger charge is -2.37. The van der Waals surface area contributed by atoms with Crippen LogP contribution in [0.2, 0.25) is 5.02 Å². The largest absolute Gasteiger partial charge is 0.486 e. The number of primary amides is 1. The molecule has 1 fully saturated rings. The topological polar surface area (TPSA) is 103 Å². The minimum absolute atomic E-state index is 0.0599. The van der Waals surface area contributed by atoms with Crippen LogP contribution in [-0.2, 0) is 11.3 Å². The van der Waals surface area contributed by atoms with Crippen LogP contribution in [0.4, 0.5) is 5.69 Å². The van der Waals surface area contributed by atoms with Crippen molar-refractivity contribution in [3.63, 3.8) is 0 Å². The van der Waals surface area contributed by atoms with E-state index < -0.39 is 5.91 Å². The molecule has 1 aliphatic rings. The zero-order chi connectivity index (χ0) is 21.1. The third-order valence-corrected chi connectivity index (χ3v) is 5.84. The molecule has 8 nitrogen and oxygen atoms in total. The third kappa shape index (κ3) is 4.69. The first-order chi connectivity index (χ1) is 14.5. The highest BCUT2D eigenvalue weighted by Crippen LogP contribution is 2.32. The van der Waals surface area contributed by atoms with Gasteiger partial charge in [-0.05, 0) is 37.3 Å². The molecule has 2 atom stereocenters. The van der Waals surface area contributed by atoms with Gasteiger partial charge in [0, 0.05) is 24.0 Å². The van der Waals surface area contributed by atoms with Crippen LogP contribution in [0.15, 0.2) is 42.7 Å². The molecule has 2 unspecified atom stereocenters. The summed E-state index contributed by atoms with van der Waals surface area (Å²) in [6.07, 6.45) is 2.80. The second-order valence-corrected chi connectivity index (χ2v) is 8.40. The molecule has 0 aliphatic carbocycles. The van der Waals surface area contributed by atoms with Gasteiger partial charge in [0.2, 0.25) is 0 Å². The van der Waals surface area contributed by atoms with Crippen molar-refractivity contribution >= 4 is 34.5 Å². The summed E-state index contributed by atoms with van der Waals surface area (Å²) in [6.45, 7) is 3.45. The van der Waals surface area contributed by atoms with Crippen LogP contribution in [0, 0.1) is 0 Å². The van der Waals surface area contributed by atoms with Crippen LogP contribution in [0.3, 0.4) is 0 Å². The fraction of sp³-hybridized carbons (Fsp3) is 0.300. The molecular formula is C20H20ClN5O3S. The van der Waals surface area contributed by atoms with E-state index in [0.29, 0.717) is 36.0 Å². The average molecular weight is 446 g/mol. The number of rotatable bonds is 6. The molecule has 4 rings (SSSR count). The summed E-state index contributed by atoms with van der Waals surface area (Å²) in [5.41, 5.74) is 6.65. The molecule has 30 heavy (non-hydrogen) atoms. The number of amides is 1. The smallest absolute Gasteiger partial charge is 0.252 e. The summed E-state index contributed by atoms with van der Waals surface area (Å²) in [7, 11) is 0. The van der Waals surface area contributed by atoms with Crippen molar-refractivity contribution in [2.45, 2.75) is 25.7 Å². The van der Waals surface area contributed by atoms with Gasteiger partial charge in [-0.1, -0.05) is 22.9 Å². The molecule has 1 saturated heterocycles. The van der Waals surface area contributed by atoms with E-state index in [0.717, 1.165) is 15.7 Å². The number of hydrogen-bond acceptors (Lipinski definition) is 8. The molecule has 1 aromatic carbocycles. The number of pyridine rings is 1. The summed E-state index contributed by atoms with van der Waals surface area (Å²) in [4.78, 5) is 17.9. The Balaban J connectivity index is 1.46. The highest BCUT2D eigenvalue weighted by atomic mass is 35.5. The van der Waals surface area contributed by atoms with E-state index in [1.54, 1.807) is 36.5 Å². The summed E-state index contributed by atoms with van der Waals surface area (Å²) in [5, 5.41) is 10.7. The number of benzene rings is 1. The van der Waals surface area contributed by atoms with Crippen molar-refractivity contribution in [2.75, 3.05) is 18.0 Å². The Labute approximate surface area is 182 Å². The van der Waals surface area contributed by atoms with Crippen LogP contribution >= 0.6 is 22.9 Å². The number of carbonyl (C=O) groups excluding carboxylic acids is 1. The van der Waals surface area contributed by atoms with Crippen LogP contribution in [0.25, 0.3) is 0 Å². The molecule has 2 aromatic heterocycles. The molecule has 0 bridgehead atoms. The van der Waals surface area contributed by atoms with Crippen molar-refractivity contribution in [2.24, 2.45) is 5.73 Å². The standard InChI is InChI=1S/C20H20ClN5O3S/c1-12-9-26(16-6-7-23-8-15(16)19(22)27)10-17(29-12)20-25-24-18(30-20)11-28-14-4-2-13(21)3-5-14/h2-8,12,17H,9-11H2,1H3,(H2,22,27). The van der Waals surface area contributed by atoms with Crippen LogP contribution in [-0.4, -0.2) is 40.3 Å². The summed E-state index contributed by atoms with van der Waals surface area (Å²) >= 11 is 7.33.